The van der Waals surface area contributed by atoms with E-state index in [1.54, 1.807) is 0 Å². The summed E-state index contributed by atoms with van der Waals surface area (Å²) >= 11 is 0. The first-order chi connectivity index (χ1) is 11.0. The fourth-order valence-corrected chi connectivity index (χ4v) is 5.20. The van der Waals surface area contributed by atoms with Crippen LogP contribution in [-0.4, -0.2) is 19.1 Å². The molecule has 0 saturated heterocycles. The van der Waals surface area contributed by atoms with Crippen LogP contribution in [0.1, 0.15) is 36.1 Å². The van der Waals surface area contributed by atoms with Crippen LogP contribution in [0.25, 0.3) is 0 Å². The molecule has 0 bridgehead atoms. The number of benzene rings is 2. The minimum atomic E-state index is -3.67. The highest BCUT2D eigenvalue weighted by atomic mass is 32.2. The normalized spacial score (nSPS) is 15.9. The summed E-state index contributed by atoms with van der Waals surface area (Å²) in [6, 6.07) is 5.66. The van der Waals surface area contributed by atoms with Crippen LogP contribution in [0.2, 0.25) is 0 Å². The van der Waals surface area contributed by atoms with E-state index in [0.717, 1.165) is 28.0 Å². The molecule has 2 aromatic carbocycles. The molecule has 0 fully saturated rings. The van der Waals surface area contributed by atoms with Crippen molar-refractivity contribution in [2.24, 2.45) is 0 Å². The third-order valence-corrected chi connectivity index (χ3v) is 6.75. The summed E-state index contributed by atoms with van der Waals surface area (Å²) in [5.41, 5.74) is 2.99. The number of sulfone groups is 1. The summed E-state index contributed by atoms with van der Waals surface area (Å²) in [5.74, 6) is 0.863. The first-order valence-electron chi connectivity index (χ1n) is 7.90. The maximum atomic E-state index is 13.2. The molecule has 0 atom stereocenters. The topological polar surface area (TPSA) is 63.6 Å². The van der Waals surface area contributed by atoms with E-state index in [1.807, 2.05) is 34.6 Å². The lowest BCUT2D eigenvalue weighted by molar-refractivity contribution is 0.137. The van der Waals surface area contributed by atoms with Crippen LogP contribution in [0.15, 0.2) is 34.1 Å². The number of hydrogen-bond donors (Lipinski definition) is 1. The lowest BCUT2D eigenvalue weighted by Crippen LogP contribution is -2.24. The predicted octanol–water partition coefficient (Wildman–Crippen LogP) is 3.86. The second-order valence-corrected chi connectivity index (χ2v) is 8.93. The van der Waals surface area contributed by atoms with E-state index in [1.165, 1.54) is 24.3 Å². The summed E-state index contributed by atoms with van der Waals surface area (Å²) < 4.78 is 32.4. The number of phenolic OH excluding ortho intramolecular Hbond substituents is 1. The van der Waals surface area contributed by atoms with E-state index in [-0.39, 0.29) is 16.2 Å². The van der Waals surface area contributed by atoms with Crippen LogP contribution in [-0.2, 0) is 16.3 Å². The van der Waals surface area contributed by atoms with Gasteiger partial charge in [-0.05, 0) is 75.6 Å². The van der Waals surface area contributed by atoms with Crippen molar-refractivity contribution in [2.45, 2.75) is 56.4 Å². The van der Waals surface area contributed by atoms with Crippen LogP contribution in [0.4, 0.5) is 0 Å². The predicted molar refractivity (Wildman–Crippen MR) is 92.6 cm³/mol. The van der Waals surface area contributed by atoms with Crippen molar-refractivity contribution in [3.05, 3.63) is 46.5 Å². The van der Waals surface area contributed by atoms with Gasteiger partial charge >= 0.3 is 0 Å². The molecule has 1 aliphatic heterocycles. The number of hydrogen-bond acceptors (Lipinski definition) is 4. The first-order valence-corrected chi connectivity index (χ1v) is 9.39. The second kappa shape index (κ2) is 5.24. The summed E-state index contributed by atoms with van der Waals surface area (Å²) in [6.07, 6.45) is 0.688. The highest BCUT2D eigenvalue weighted by molar-refractivity contribution is 7.91. The second-order valence-electron chi connectivity index (χ2n) is 7.05. The van der Waals surface area contributed by atoms with Crippen LogP contribution in [0, 0.1) is 20.8 Å². The van der Waals surface area contributed by atoms with Gasteiger partial charge in [0.2, 0.25) is 9.84 Å². The molecule has 0 aliphatic carbocycles. The Bertz CT molecular complexity index is 923. The third kappa shape index (κ3) is 2.47. The van der Waals surface area contributed by atoms with Crippen LogP contribution < -0.4 is 4.74 Å². The van der Waals surface area contributed by atoms with Crippen LogP contribution >= 0.6 is 0 Å². The highest BCUT2D eigenvalue weighted by Crippen LogP contribution is 2.44. The van der Waals surface area contributed by atoms with Crippen LogP contribution in [0.3, 0.4) is 0 Å². The molecule has 1 N–H and O–H groups in total. The van der Waals surface area contributed by atoms with Crippen molar-refractivity contribution >= 4 is 9.84 Å². The number of aromatic hydroxyl groups is 1. The Balaban J connectivity index is 2.27. The molecule has 0 unspecified atom stereocenters. The number of rotatable bonds is 2. The van der Waals surface area contributed by atoms with Gasteiger partial charge in [0.05, 0.1) is 9.79 Å². The summed E-state index contributed by atoms with van der Waals surface area (Å²) in [5, 5.41) is 9.42. The van der Waals surface area contributed by atoms with Gasteiger partial charge in [-0.15, -0.1) is 0 Å². The molecule has 1 heterocycles. The Morgan fingerprint density at radius 3 is 2.17 bits per heavy atom. The Morgan fingerprint density at radius 1 is 1.00 bits per heavy atom. The maximum Gasteiger partial charge on any atom is 0.207 e. The Morgan fingerprint density at radius 2 is 1.58 bits per heavy atom. The van der Waals surface area contributed by atoms with Gasteiger partial charge in [0, 0.05) is 12.0 Å². The van der Waals surface area contributed by atoms with Crippen molar-refractivity contribution < 1.29 is 18.3 Å². The van der Waals surface area contributed by atoms with Crippen LogP contribution in [0.5, 0.6) is 11.5 Å². The lowest BCUT2D eigenvalue weighted by Gasteiger charge is -2.19. The average molecular weight is 346 g/mol. The zero-order valence-electron chi connectivity index (χ0n) is 14.6. The van der Waals surface area contributed by atoms with Crippen molar-refractivity contribution in [3.63, 3.8) is 0 Å². The number of ether oxygens (including phenoxy) is 1. The molecule has 0 aromatic heterocycles. The third-order valence-electron chi connectivity index (χ3n) is 4.71. The summed E-state index contributed by atoms with van der Waals surface area (Å²) in [6.45, 7) is 9.60. The smallest absolute Gasteiger partial charge is 0.207 e. The zero-order chi connectivity index (χ0) is 17.9. The largest absolute Gasteiger partial charge is 0.508 e. The van der Waals surface area contributed by atoms with Crippen molar-refractivity contribution in [1.29, 1.82) is 0 Å². The van der Waals surface area contributed by atoms with E-state index in [2.05, 4.69) is 0 Å². The fraction of sp³-hybridized carbons (Fsp3) is 0.368. The molecule has 0 saturated carbocycles. The highest BCUT2D eigenvalue weighted by Gasteiger charge is 2.36. The van der Waals surface area contributed by atoms with Gasteiger partial charge in [0.15, 0.2) is 0 Å². The Kier molecular flexibility index (Phi) is 3.68. The molecular weight excluding hydrogens is 324 g/mol. The van der Waals surface area contributed by atoms with Crippen molar-refractivity contribution in [3.8, 4) is 11.5 Å². The molecule has 2 aromatic rings. The molecule has 1 aliphatic rings. The molecule has 0 radical (unpaired) electrons. The standard InChI is InChI=1S/C19H22O4S/c1-11-12(2)18(13(3)16-10-19(4,5)23-17(11)16)24(21,22)15-8-6-14(20)7-9-15/h6-9,20H,10H2,1-5H3. The van der Waals surface area contributed by atoms with Gasteiger partial charge in [-0.25, -0.2) is 8.42 Å². The Labute approximate surface area is 143 Å². The molecule has 128 valence electrons. The van der Waals surface area contributed by atoms with E-state index in [9.17, 15) is 13.5 Å². The van der Waals surface area contributed by atoms with Gasteiger partial charge in [-0.3, -0.25) is 0 Å². The minimum absolute atomic E-state index is 0.0441. The summed E-state index contributed by atoms with van der Waals surface area (Å²) in [4.78, 5) is 0.537. The molecule has 0 spiro atoms. The summed E-state index contributed by atoms with van der Waals surface area (Å²) in [7, 11) is -3.67. The van der Waals surface area contributed by atoms with E-state index in [0.29, 0.717) is 11.3 Å². The van der Waals surface area contributed by atoms with Crippen molar-refractivity contribution in [1.82, 2.24) is 0 Å². The van der Waals surface area contributed by atoms with Crippen molar-refractivity contribution in [2.75, 3.05) is 0 Å². The lowest BCUT2D eigenvalue weighted by atomic mass is 9.94. The van der Waals surface area contributed by atoms with Gasteiger partial charge in [0.25, 0.3) is 0 Å². The van der Waals surface area contributed by atoms with E-state index < -0.39 is 9.84 Å². The first kappa shape index (κ1) is 16.8. The molecular formula is C19H22O4S. The average Bonchev–Trinajstić information content (AvgIpc) is 2.82. The maximum absolute atomic E-state index is 13.2. The Hall–Kier alpha value is -2.01. The quantitative estimate of drug-likeness (QED) is 0.897. The molecule has 5 heteroatoms. The van der Waals surface area contributed by atoms with E-state index >= 15 is 0 Å². The SMILES string of the molecule is Cc1c(C)c(S(=O)(=O)c2ccc(O)cc2)c(C)c2c1OC(C)(C)C2. The van der Waals surface area contributed by atoms with Gasteiger partial charge in [0.1, 0.15) is 17.1 Å². The molecule has 4 nitrogen and oxygen atoms in total. The molecule has 24 heavy (non-hydrogen) atoms. The van der Waals surface area contributed by atoms with Gasteiger partial charge < -0.3 is 9.84 Å². The minimum Gasteiger partial charge on any atom is -0.508 e. The van der Waals surface area contributed by atoms with E-state index in [4.69, 9.17) is 4.74 Å². The molecule has 0 amide bonds. The molecule has 3 rings (SSSR count). The van der Waals surface area contributed by atoms with Gasteiger partial charge in [-0.1, -0.05) is 0 Å². The number of phenols is 1. The zero-order valence-corrected chi connectivity index (χ0v) is 15.4. The fourth-order valence-electron chi connectivity index (χ4n) is 3.39. The number of fused-ring (bicyclic) bond motifs is 1. The van der Waals surface area contributed by atoms with Gasteiger partial charge in [-0.2, -0.15) is 0 Å². The monoisotopic (exact) mass is 346 g/mol.